The SMILES string of the molecule is c1ccc2c(c1)OC[C@@H](c1nnc([C@H]3CCOC3)o1)O2. The van der Waals surface area contributed by atoms with Crippen LogP contribution in [-0.4, -0.2) is 30.0 Å². The van der Waals surface area contributed by atoms with Crippen molar-refractivity contribution >= 4 is 0 Å². The Morgan fingerprint density at radius 1 is 1.00 bits per heavy atom. The summed E-state index contributed by atoms with van der Waals surface area (Å²) in [6.45, 7) is 1.77. The fourth-order valence-electron chi connectivity index (χ4n) is 2.41. The molecule has 0 N–H and O–H groups in total. The van der Waals surface area contributed by atoms with E-state index in [2.05, 4.69) is 10.2 Å². The largest absolute Gasteiger partial charge is 0.485 e. The minimum atomic E-state index is -0.353. The Labute approximate surface area is 115 Å². The van der Waals surface area contributed by atoms with Gasteiger partial charge in [-0.05, 0) is 18.6 Å². The van der Waals surface area contributed by atoms with Crippen LogP contribution < -0.4 is 9.47 Å². The van der Waals surface area contributed by atoms with E-state index in [4.69, 9.17) is 18.6 Å². The highest BCUT2D eigenvalue weighted by Crippen LogP contribution is 2.36. The summed E-state index contributed by atoms with van der Waals surface area (Å²) < 4.78 is 22.5. The van der Waals surface area contributed by atoms with Gasteiger partial charge in [0.25, 0.3) is 5.89 Å². The van der Waals surface area contributed by atoms with Gasteiger partial charge < -0.3 is 18.6 Å². The van der Waals surface area contributed by atoms with E-state index in [0.717, 1.165) is 18.8 Å². The topological polar surface area (TPSA) is 66.6 Å². The van der Waals surface area contributed by atoms with Crippen molar-refractivity contribution in [1.29, 1.82) is 0 Å². The van der Waals surface area contributed by atoms with E-state index < -0.39 is 0 Å². The summed E-state index contributed by atoms with van der Waals surface area (Å²) >= 11 is 0. The number of hydrogen-bond donors (Lipinski definition) is 0. The zero-order valence-corrected chi connectivity index (χ0v) is 10.8. The standard InChI is InChI=1S/C14H14N2O4/c1-2-4-11-10(3-1)18-8-12(19-11)14-16-15-13(20-14)9-5-6-17-7-9/h1-4,9,12H,5-8H2/t9-,12-/m0/s1. The molecule has 2 atom stereocenters. The number of fused-ring (bicyclic) bond motifs is 1. The summed E-state index contributed by atoms with van der Waals surface area (Å²) in [7, 11) is 0. The highest BCUT2D eigenvalue weighted by Gasteiger charge is 2.30. The van der Waals surface area contributed by atoms with Crippen LogP contribution in [0.1, 0.15) is 30.2 Å². The molecule has 2 aliphatic heterocycles. The maximum atomic E-state index is 5.84. The average molecular weight is 274 g/mol. The molecule has 2 aliphatic rings. The predicted molar refractivity (Wildman–Crippen MR) is 67.8 cm³/mol. The third-order valence-electron chi connectivity index (χ3n) is 3.52. The van der Waals surface area contributed by atoms with Crippen molar-refractivity contribution in [2.24, 2.45) is 0 Å². The van der Waals surface area contributed by atoms with Crippen LogP contribution in [0.4, 0.5) is 0 Å². The zero-order chi connectivity index (χ0) is 13.4. The lowest BCUT2D eigenvalue weighted by molar-refractivity contribution is 0.0699. The summed E-state index contributed by atoms with van der Waals surface area (Å²) in [5.74, 6) is 2.73. The summed E-state index contributed by atoms with van der Waals surface area (Å²) in [6, 6.07) is 7.55. The van der Waals surface area contributed by atoms with Crippen molar-refractivity contribution in [2.45, 2.75) is 18.4 Å². The van der Waals surface area contributed by atoms with Crippen molar-refractivity contribution in [3.8, 4) is 11.5 Å². The fraction of sp³-hybridized carbons (Fsp3) is 0.429. The van der Waals surface area contributed by atoms with E-state index in [9.17, 15) is 0 Å². The van der Waals surface area contributed by atoms with Crippen LogP contribution in [0.15, 0.2) is 28.7 Å². The average Bonchev–Trinajstić information content (AvgIpc) is 3.17. The zero-order valence-electron chi connectivity index (χ0n) is 10.8. The molecule has 0 amide bonds. The third kappa shape index (κ3) is 2.02. The molecule has 1 fully saturated rings. The van der Waals surface area contributed by atoms with Gasteiger partial charge in [0.1, 0.15) is 6.61 Å². The van der Waals surface area contributed by atoms with Crippen LogP contribution >= 0.6 is 0 Å². The molecule has 0 spiro atoms. The number of ether oxygens (including phenoxy) is 3. The molecule has 0 bridgehead atoms. The van der Waals surface area contributed by atoms with Gasteiger partial charge in [-0.3, -0.25) is 0 Å². The highest BCUT2D eigenvalue weighted by atomic mass is 16.6. The van der Waals surface area contributed by atoms with Crippen LogP contribution in [0.25, 0.3) is 0 Å². The molecular weight excluding hydrogens is 260 g/mol. The molecule has 6 nitrogen and oxygen atoms in total. The van der Waals surface area contributed by atoms with Crippen LogP contribution in [0.3, 0.4) is 0 Å². The first kappa shape index (κ1) is 11.7. The number of nitrogens with zero attached hydrogens (tertiary/aromatic N) is 2. The van der Waals surface area contributed by atoms with Gasteiger partial charge in [-0.15, -0.1) is 10.2 Å². The maximum Gasteiger partial charge on any atom is 0.260 e. The van der Waals surface area contributed by atoms with Crippen molar-refractivity contribution in [1.82, 2.24) is 10.2 Å². The van der Waals surface area contributed by atoms with Gasteiger partial charge in [0.15, 0.2) is 11.5 Å². The minimum absolute atomic E-state index is 0.202. The molecule has 20 heavy (non-hydrogen) atoms. The van der Waals surface area contributed by atoms with E-state index in [-0.39, 0.29) is 12.0 Å². The van der Waals surface area contributed by atoms with Gasteiger partial charge in [-0.2, -0.15) is 0 Å². The van der Waals surface area contributed by atoms with Gasteiger partial charge in [0, 0.05) is 6.61 Å². The number of hydrogen-bond acceptors (Lipinski definition) is 6. The van der Waals surface area contributed by atoms with Gasteiger partial charge >= 0.3 is 0 Å². The molecule has 1 aromatic carbocycles. The third-order valence-corrected chi connectivity index (χ3v) is 3.52. The molecule has 104 valence electrons. The number of aromatic nitrogens is 2. The Balaban J connectivity index is 1.54. The molecule has 0 aliphatic carbocycles. The molecule has 6 heteroatoms. The number of para-hydroxylation sites is 2. The van der Waals surface area contributed by atoms with Crippen LogP contribution in [0.2, 0.25) is 0 Å². The Morgan fingerprint density at radius 3 is 2.70 bits per heavy atom. The van der Waals surface area contributed by atoms with E-state index in [1.807, 2.05) is 24.3 Å². The smallest absolute Gasteiger partial charge is 0.260 e. The molecule has 0 unspecified atom stereocenters. The second-order valence-corrected chi connectivity index (χ2v) is 4.90. The Hall–Kier alpha value is -2.08. The normalized spacial score (nSPS) is 24.8. The van der Waals surface area contributed by atoms with Crippen LogP contribution in [0, 0.1) is 0 Å². The first-order chi connectivity index (χ1) is 9.90. The van der Waals surface area contributed by atoms with Crippen molar-refractivity contribution in [3.05, 3.63) is 36.0 Å². The van der Waals surface area contributed by atoms with Crippen LogP contribution in [0.5, 0.6) is 11.5 Å². The summed E-state index contributed by atoms with van der Waals surface area (Å²) in [5.41, 5.74) is 0. The summed E-state index contributed by atoms with van der Waals surface area (Å²) in [5, 5.41) is 8.18. The van der Waals surface area contributed by atoms with E-state index in [1.54, 1.807) is 0 Å². The Kier molecular flexibility index (Phi) is 2.81. The van der Waals surface area contributed by atoms with Gasteiger partial charge in [-0.1, -0.05) is 12.1 Å². The van der Waals surface area contributed by atoms with Gasteiger partial charge in [-0.25, -0.2) is 0 Å². The molecule has 0 saturated carbocycles. The summed E-state index contributed by atoms with van der Waals surface area (Å²) in [6.07, 6.45) is 0.570. The van der Waals surface area contributed by atoms with Gasteiger partial charge in [0.2, 0.25) is 12.0 Å². The van der Waals surface area contributed by atoms with E-state index >= 15 is 0 Å². The lowest BCUT2D eigenvalue weighted by Crippen LogP contribution is -2.21. The molecule has 2 aromatic rings. The molecule has 1 saturated heterocycles. The quantitative estimate of drug-likeness (QED) is 0.835. The Morgan fingerprint density at radius 2 is 1.85 bits per heavy atom. The number of benzene rings is 1. The molecule has 3 heterocycles. The second-order valence-electron chi connectivity index (χ2n) is 4.90. The summed E-state index contributed by atoms with van der Waals surface area (Å²) in [4.78, 5) is 0. The van der Waals surface area contributed by atoms with Crippen molar-refractivity contribution < 1.29 is 18.6 Å². The predicted octanol–water partition coefficient (Wildman–Crippen LogP) is 2.09. The van der Waals surface area contributed by atoms with Crippen molar-refractivity contribution in [3.63, 3.8) is 0 Å². The van der Waals surface area contributed by atoms with Crippen LogP contribution in [-0.2, 0) is 4.74 Å². The molecule has 4 rings (SSSR count). The van der Waals surface area contributed by atoms with Gasteiger partial charge in [0.05, 0.1) is 12.5 Å². The molecule has 0 radical (unpaired) electrons. The molecule has 1 aromatic heterocycles. The Bertz CT molecular complexity index is 607. The second kappa shape index (κ2) is 4.79. The highest BCUT2D eigenvalue weighted by molar-refractivity contribution is 5.40. The molecular formula is C14H14N2O4. The monoisotopic (exact) mass is 274 g/mol. The fourth-order valence-corrected chi connectivity index (χ4v) is 2.41. The van der Waals surface area contributed by atoms with E-state index in [1.165, 1.54) is 0 Å². The van der Waals surface area contributed by atoms with E-state index in [0.29, 0.717) is 30.7 Å². The first-order valence-corrected chi connectivity index (χ1v) is 6.69. The minimum Gasteiger partial charge on any atom is -0.485 e. The lowest BCUT2D eigenvalue weighted by atomic mass is 10.1. The number of rotatable bonds is 2. The maximum absolute atomic E-state index is 5.84. The van der Waals surface area contributed by atoms with Crippen molar-refractivity contribution in [2.75, 3.05) is 19.8 Å². The lowest BCUT2D eigenvalue weighted by Gasteiger charge is -2.23. The first-order valence-electron chi connectivity index (χ1n) is 6.69.